The van der Waals surface area contributed by atoms with E-state index in [0.29, 0.717) is 11.5 Å². The summed E-state index contributed by atoms with van der Waals surface area (Å²) in [4.78, 5) is 4.70. The van der Waals surface area contributed by atoms with Crippen molar-refractivity contribution in [3.8, 4) is 28.3 Å². The third-order valence-electron chi connectivity index (χ3n) is 6.24. The fourth-order valence-corrected chi connectivity index (χ4v) is 5.00. The Labute approximate surface area is 220 Å². The number of fused-ring (bicyclic) bond motifs is 5. The van der Waals surface area contributed by atoms with Crippen molar-refractivity contribution >= 4 is 72.6 Å². The number of aromatic hydroxyl groups is 1. The van der Waals surface area contributed by atoms with Crippen LogP contribution in [0.1, 0.15) is 25.0 Å². The number of phenols is 1. The molecule has 7 heteroatoms. The number of benzene rings is 4. The van der Waals surface area contributed by atoms with E-state index in [9.17, 15) is 5.11 Å². The maximum Gasteiger partial charge on any atom is 0.231 e. The first-order valence-electron chi connectivity index (χ1n) is 10.5. The zero-order valence-electron chi connectivity index (χ0n) is 18.2. The fraction of sp³-hybridized carbons (Fsp3) is 0.148. The molecule has 1 N–H and O–H groups in total. The lowest BCUT2D eigenvalue weighted by Crippen LogP contribution is -2.15. The Hall–Kier alpha value is -2.24. The summed E-state index contributed by atoms with van der Waals surface area (Å²) in [5, 5.41) is 13.1. The zero-order valence-corrected chi connectivity index (χ0v) is 22.1. The molecule has 4 aromatic carbocycles. The monoisotopic (exact) mass is 573 g/mol. The molecule has 1 heterocycles. The van der Waals surface area contributed by atoms with Gasteiger partial charge in [-0.15, -0.1) is 0 Å². The summed E-state index contributed by atoms with van der Waals surface area (Å²) in [5.41, 5.74) is 6.56. The number of halogens is 4. The quantitative estimate of drug-likeness (QED) is 0.203. The summed E-state index contributed by atoms with van der Waals surface area (Å²) in [6, 6.07) is 22.4. The molecule has 1 aliphatic carbocycles. The van der Waals surface area contributed by atoms with Gasteiger partial charge in [-0.05, 0) is 69.4 Å². The van der Waals surface area contributed by atoms with Crippen molar-refractivity contribution in [3.05, 3.63) is 82.3 Å². The normalized spacial score (nSPS) is 13.6. The van der Waals surface area contributed by atoms with Gasteiger partial charge < -0.3 is 9.52 Å². The number of hydrogen-bond acceptors (Lipinski definition) is 3. The van der Waals surface area contributed by atoms with Gasteiger partial charge in [-0.1, -0.05) is 94.9 Å². The molecule has 0 spiro atoms. The number of hydrogen-bond donors (Lipinski definition) is 1. The third kappa shape index (κ3) is 4.07. The lowest BCUT2D eigenvalue weighted by molar-refractivity contribution is 0.474. The van der Waals surface area contributed by atoms with E-state index in [2.05, 4.69) is 54.0 Å². The SMILES string of the molecule is CC1(C)c2cc(Br)ccc2-c2cc(O)c(-c3nc4cc5ccccc5cc4o3)cc21.ClC(Cl)Cl. The van der Waals surface area contributed by atoms with Gasteiger partial charge in [0.1, 0.15) is 11.3 Å². The van der Waals surface area contributed by atoms with Crippen LogP contribution in [0, 0.1) is 0 Å². The predicted molar refractivity (Wildman–Crippen MR) is 145 cm³/mol. The lowest BCUT2D eigenvalue weighted by Gasteiger charge is -2.22. The van der Waals surface area contributed by atoms with E-state index in [-0.39, 0.29) is 11.2 Å². The number of nitrogens with zero attached hydrogens (tertiary/aromatic N) is 1. The largest absolute Gasteiger partial charge is 0.507 e. The van der Waals surface area contributed by atoms with Crippen LogP contribution in [0.15, 0.2) is 75.6 Å². The first kappa shape index (κ1) is 23.5. The lowest BCUT2D eigenvalue weighted by atomic mass is 9.82. The van der Waals surface area contributed by atoms with Gasteiger partial charge in [0, 0.05) is 9.89 Å². The highest BCUT2D eigenvalue weighted by Crippen LogP contribution is 2.52. The number of phenolic OH excluding ortho intramolecular Hbond substituents is 1. The highest BCUT2D eigenvalue weighted by Gasteiger charge is 2.37. The van der Waals surface area contributed by atoms with Crippen molar-refractivity contribution in [3.63, 3.8) is 0 Å². The smallest absolute Gasteiger partial charge is 0.231 e. The molecule has 34 heavy (non-hydrogen) atoms. The van der Waals surface area contributed by atoms with Crippen LogP contribution in [0.2, 0.25) is 0 Å². The number of alkyl halides is 3. The first-order valence-corrected chi connectivity index (χ1v) is 12.6. The molecule has 0 atom stereocenters. The van der Waals surface area contributed by atoms with Crippen LogP contribution in [-0.4, -0.2) is 14.4 Å². The summed E-state index contributed by atoms with van der Waals surface area (Å²) in [6.45, 7) is 4.42. The molecule has 1 aliphatic rings. The Bertz CT molecular complexity index is 1500. The van der Waals surface area contributed by atoms with E-state index in [4.69, 9.17) is 44.2 Å². The molecular formula is C27H19BrCl3NO2. The van der Waals surface area contributed by atoms with E-state index >= 15 is 0 Å². The molecule has 172 valence electrons. The minimum Gasteiger partial charge on any atom is -0.507 e. The van der Waals surface area contributed by atoms with Crippen LogP contribution in [0.3, 0.4) is 0 Å². The van der Waals surface area contributed by atoms with Gasteiger partial charge in [0.25, 0.3) is 0 Å². The molecule has 0 saturated heterocycles. The highest BCUT2D eigenvalue weighted by atomic mass is 79.9. The molecular weight excluding hydrogens is 557 g/mol. The van der Waals surface area contributed by atoms with Crippen molar-refractivity contribution in [2.24, 2.45) is 0 Å². The zero-order chi connectivity index (χ0) is 24.2. The molecule has 0 saturated carbocycles. The van der Waals surface area contributed by atoms with Gasteiger partial charge in [-0.2, -0.15) is 0 Å². The Morgan fingerprint density at radius 1 is 0.853 bits per heavy atom. The summed E-state index contributed by atoms with van der Waals surface area (Å²) < 4.78 is 6.39. The summed E-state index contributed by atoms with van der Waals surface area (Å²) in [6.07, 6.45) is 0. The summed E-state index contributed by atoms with van der Waals surface area (Å²) >= 11 is 18.0. The van der Waals surface area contributed by atoms with E-state index in [1.54, 1.807) is 0 Å². The van der Waals surface area contributed by atoms with Crippen molar-refractivity contribution in [1.82, 2.24) is 4.98 Å². The molecule has 5 aromatic rings. The van der Waals surface area contributed by atoms with Crippen molar-refractivity contribution in [2.75, 3.05) is 0 Å². The van der Waals surface area contributed by atoms with Crippen LogP contribution in [-0.2, 0) is 5.41 Å². The number of aromatic nitrogens is 1. The second kappa shape index (κ2) is 8.76. The second-order valence-electron chi connectivity index (χ2n) is 8.66. The van der Waals surface area contributed by atoms with Crippen molar-refractivity contribution in [1.29, 1.82) is 0 Å². The van der Waals surface area contributed by atoms with Crippen LogP contribution in [0.4, 0.5) is 0 Å². The van der Waals surface area contributed by atoms with Gasteiger partial charge in [0.15, 0.2) is 9.88 Å². The predicted octanol–water partition coefficient (Wildman–Crippen LogP) is 9.41. The van der Waals surface area contributed by atoms with Crippen LogP contribution < -0.4 is 0 Å². The molecule has 0 fully saturated rings. The Morgan fingerprint density at radius 3 is 2.21 bits per heavy atom. The average Bonchev–Trinajstić information content (AvgIpc) is 3.27. The molecule has 0 bridgehead atoms. The first-order chi connectivity index (χ1) is 16.1. The Kier molecular flexibility index (Phi) is 6.06. The molecule has 3 nitrogen and oxygen atoms in total. The number of rotatable bonds is 1. The molecule has 0 unspecified atom stereocenters. The standard InChI is InChI=1S/C26H18BrNO2.CHCl3/c1-26(2)20-11-16(27)7-8-17(20)18-13-23(29)19(12-21(18)26)25-28-22-9-14-5-3-4-6-15(14)10-24(22)30-25;2-1(3)4/h3-13,29H,1-2H3;1H. The Balaban J connectivity index is 0.000000560. The number of oxazole rings is 1. The average molecular weight is 576 g/mol. The van der Waals surface area contributed by atoms with Gasteiger partial charge in [-0.25, -0.2) is 4.98 Å². The molecule has 0 amide bonds. The van der Waals surface area contributed by atoms with Gasteiger partial charge >= 0.3 is 0 Å². The molecule has 0 radical (unpaired) electrons. The van der Waals surface area contributed by atoms with Crippen LogP contribution >= 0.6 is 50.7 Å². The maximum atomic E-state index is 10.9. The fourth-order valence-electron chi connectivity index (χ4n) is 4.64. The summed E-state index contributed by atoms with van der Waals surface area (Å²) in [5.74, 6) is 0.616. The second-order valence-corrected chi connectivity index (χ2v) is 11.6. The van der Waals surface area contributed by atoms with Gasteiger partial charge in [0.2, 0.25) is 5.89 Å². The Morgan fingerprint density at radius 2 is 1.50 bits per heavy atom. The topological polar surface area (TPSA) is 46.3 Å². The van der Waals surface area contributed by atoms with E-state index in [0.717, 1.165) is 43.0 Å². The maximum absolute atomic E-state index is 10.9. The van der Waals surface area contributed by atoms with Crippen LogP contribution in [0.5, 0.6) is 5.75 Å². The van der Waals surface area contributed by atoms with Crippen LogP contribution in [0.25, 0.3) is 44.5 Å². The van der Waals surface area contributed by atoms with E-state index < -0.39 is 4.30 Å². The van der Waals surface area contributed by atoms with Crippen molar-refractivity contribution < 1.29 is 9.52 Å². The van der Waals surface area contributed by atoms with E-state index in [1.807, 2.05) is 42.5 Å². The minimum absolute atomic E-state index is 0.177. The third-order valence-corrected chi connectivity index (χ3v) is 6.73. The molecule has 6 rings (SSSR count). The van der Waals surface area contributed by atoms with E-state index in [1.165, 1.54) is 5.56 Å². The highest BCUT2D eigenvalue weighted by molar-refractivity contribution is 9.10. The molecule has 1 aromatic heterocycles. The van der Waals surface area contributed by atoms with Gasteiger partial charge in [-0.3, -0.25) is 0 Å². The van der Waals surface area contributed by atoms with Crippen molar-refractivity contribution in [2.45, 2.75) is 23.6 Å². The molecule has 0 aliphatic heterocycles. The van der Waals surface area contributed by atoms with Gasteiger partial charge in [0.05, 0.1) is 5.56 Å². The minimum atomic E-state index is -0.750. The summed E-state index contributed by atoms with van der Waals surface area (Å²) in [7, 11) is 0.